The molecule has 0 spiro atoms. The van der Waals surface area contributed by atoms with Crippen molar-refractivity contribution in [3.63, 3.8) is 0 Å². The maximum atomic E-state index is 12.9. The first-order valence-corrected chi connectivity index (χ1v) is 11.1. The molecular weight excluding hydrogens is 382 g/mol. The van der Waals surface area contributed by atoms with Crippen LogP contribution in [0.25, 0.3) is 11.4 Å². The molecule has 1 amide bonds. The maximum Gasteiger partial charge on any atom is 0.264 e. The molecule has 6 nitrogen and oxygen atoms in total. The van der Waals surface area contributed by atoms with Gasteiger partial charge in [0.25, 0.3) is 5.91 Å². The van der Waals surface area contributed by atoms with Gasteiger partial charge in [-0.15, -0.1) is 11.3 Å². The standard InChI is InChI=1S/C22H23N5OS/c28-22(19-5-4-14-29-19)27-13-8-18-17(15-27)21(26-11-2-1-3-12-26)25-20(24-18)16-6-9-23-10-7-16/h4-7,9-10,14H,1-3,8,11-13,15H2. The van der Waals surface area contributed by atoms with Crippen LogP contribution >= 0.6 is 11.3 Å². The van der Waals surface area contributed by atoms with Crippen molar-refractivity contribution >= 4 is 23.1 Å². The van der Waals surface area contributed by atoms with Gasteiger partial charge in [0.2, 0.25) is 0 Å². The largest absolute Gasteiger partial charge is 0.356 e. The van der Waals surface area contributed by atoms with Gasteiger partial charge in [0.1, 0.15) is 5.82 Å². The molecule has 0 aliphatic carbocycles. The van der Waals surface area contributed by atoms with Crippen LogP contribution in [-0.2, 0) is 13.0 Å². The van der Waals surface area contributed by atoms with Gasteiger partial charge >= 0.3 is 0 Å². The minimum absolute atomic E-state index is 0.105. The molecule has 3 aromatic rings. The Hall–Kier alpha value is -2.80. The third kappa shape index (κ3) is 3.62. The molecule has 0 N–H and O–H groups in total. The number of carbonyl (C=O) groups is 1. The van der Waals surface area contributed by atoms with Crippen LogP contribution in [0.15, 0.2) is 42.0 Å². The first-order valence-electron chi connectivity index (χ1n) is 10.2. The summed E-state index contributed by atoms with van der Waals surface area (Å²) in [6, 6.07) is 7.74. The third-order valence-electron chi connectivity index (χ3n) is 5.65. The van der Waals surface area contributed by atoms with Crippen LogP contribution in [0.1, 0.15) is 40.2 Å². The predicted molar refractivity (Wildman–Crippen MR) is 114 cm³/mol. The Kier molecular flexibility index (Phi) is 4.97. The molecule has 2 aliphatic heterocycles. The van der Waals surface area contributed by atoms with E-state index in [0.717, 1.165) is 52.9 Å². The Morgan fingerprint density at radius 3 is 2.59 bits per heavy atom. The smallest absolute Gasteiger partial charge is 0.264 e. The van der Waals surface area contributed by atoms with Crippen molar-refractivity contribution in [2.45, 2.75) is 32.2 Å². The molecule has 5 heterocycles. The summed E-state index contributed by atoms with van der Waals surface area (Å²) in [5.41, 5.74) is 3.17. The molecule has 2 aliphatic rings. The Balaban J connectivity index is 1.54. The summed E-state index contributed by atoms with van der Waals surface area (Å²) in [5, 5.41) is 1.95. The van der Waals surface area contributed by atoms with Crippen molar-refractivity contribution in [2.24, 2.45) is 0 Å². The molecule has 1 fully saturated rings. The van der Waals surface area contributed by atoms with Gasteiger partial charge < -0.3 is 9.80 Å². The normalized spacial score (nSPS) is 16.6. The van der Waals surface area contributed by atoms with E-state index in [1.165, 1.54) is 30.6 Å². The zero-order chi connectivity index (χ0) is 19.6. The Bertz CT molecular complexity index is 1000. The van der Waals surface area contributed by atoms with Crippen LogP contribution in [-0.4, -0.2) is 45.4 Å². The Morgan fingerprint density at radius 2 is 1.83 bits per heavy atom. The second kappa shape index (κ2) is 7.91. The minimum Gasteiger partial charge on any atom is -0.356 e. The van der Waals surface area contributed by atoms with Gasteiger partial charge in [-0.1, -0.05) is 6.07 Å². The fourth-order valence-corrected chi connectivity index (χ4v) is 4.81. The van der Waals surface area contributed by atoms with Gasteiger partial charge in [0.15, 0.2) is 5.82 Å². The number of amides is 1. The van der Waals surface area contributed by atoms with Crippen molar-refractivity contribution in [1.82, 2.24) is 19.9 Å². The molecule has 29 heavy (non-hydrogen) atoms. The summed E-state index contributed by atoms with van der Waals surface area (Å²) in [7, 11) is 0. The molecule has 1 saturated heterocycles. The van der Waals surface area contributed by atoms with E-state index < -0.39 is 0 Å². The lowest BCUT2D eigenvalue weighted by molar-refractivity contribution is 0.0738. The van der Waals surface area contributed by atoms with Crippen molar-refractivity contribution in [1.29, 1.82) is 0 Å². The lowest BCUT2D eigenvalue weighted by Gasteiger charge is -2.34. The van der Waals surface area contributed by atoms with E-state index in [4.69, 9.17) is 9.97 Å². The highest BCUT2D eigenvalue weighted by Gasteiger charge is 2.29. The van der Waals surface area contributed by atoms with E-state index >= 15 is 0 Å². The highest BCUT2D eigenvalue weighted by atomic mass is 32.1. The van der Waals surface area contributed by atoms with Crippen molar-refractivity contribution in [2.75, 3.05) is 24.5 Å². The summed E-state index contributed by atoms with van der Waals surface area (Å²) in [4.78, 5) is 32.0. The number of thiophene rings is 1. The first kappa shape index (κ1) is 18.2. The molecule has 5 rings (SSSR count). The minimum atomic E-state index is 0.105. The highest BCUT2D eigenvalue weighted by molar-refractivity contribution is 7.12. The lowest BCUT2D eigenvalue weighted by atomic mass is 10.0. The lowest BCUT2D eigenvalue weighted by Crippen LogP contribution is -2.39. The van der Waals surface area contributed by atoms with Crippen LogP contribution in [0.5, 0.6) is 0 Å². The van der Waals surface area contributed by atoms with Gasteiger partial charge in [0, 0.05) is 49.6 Å². The van der Waals surface area contributed by atoms with Gasteiger partial charge in [-0.2, -0.15) is 0 Å². The van der Waals surface area contributed by atoms with Crippen molar-refractivity contribution in [3.05, 3.63) is 58.2 Å². The average Bonchev–Trinajstić information content (AvgIpc) is 3.34. The van der Waals surface area contributed by atoms with Crippen LogP contribution in [0.4, 0.5) is 5.82 Å². The zero-order valence-corrected chi connectivity index (χ0v) is 17.1. The zero-order valence-electron chi connectivity index (χ0n) is 16.3. The predicted octanol–water partition coefficient (Wildman–Crippen LogP) is 3.79. The number of nitrogens with zero attached hydrogens (tertiary/aromatic N) is 5. The summed E-state index contributed by atoms with van der Waals surface area (Å²) in [6.45, 7) is 3.29. The number of rotatable bonds is 3. The van der Waals surface area contributed by atoms with E-state index in [1.807, 2.05) is 34.5 Å². The second-order valence-corrected chi connectivity index (χ2v) is 8.48. The van der Waals surface area contributed by atoms with E-state index in [2.05, 4.69) is 9.88 Å². The number of hydrogen-bond donors (Lipinski definition) is 0. The number of carbonyl (C=O) groups excluding carboxylic acids is 1. The first-order chi connectivity index (χ1) is 14.3. The average molecular weight is 406 g/mol. The fourth-order valence-electron chi connectivity index (χ4n) is 4.12. The molecular formula is C22H23N5OS. The molecule has 0 unspecified atom stereocenters. The van der Waals surface area contributed by atoms with E-state index in [0.29, 0.717) is 13.1 Å². The van der Waals surface area contributed by atoms with Crippen LogP contribution in [0.3, 0.4) is 0 Å². The molecule has 0 saturated carbocycles. The summed E-state index contributed by atoms with van der Waals surface area (Å²) >= 11 is 1.50. The Labute approximate surface area is 174 Å². The second-order valence-electron chi connectivity index (χ2n) is 7.53. The molecule has 7 heteroatoms. The molecule has 0 bridgehead atoms. The van der Waals surface area contributed by atoms with Crippen molar-refractivity contribution in [3.8, 4) is 11.4 Å². The number of fused-ring (bicyclic) bond motifs is 1. The topological polar surface area (TPSA) is 62.2 Å². The van der Waals surface area contributed by atoms with Gasteiger partial charge in [-0.3, -0.25) is 9.78 Å². The Morgan fingerprint density at radius 1 is 1.00 bits per heavy atom. The molecule has 0 radical (unpaired) electrons. The quantitative estimate of drug-likeness (QED) is 0.663. The van der Waals surface area contributed by atoms with Gasteiger partial charge in [-0.05, 0) is 42.8 Å². The number of anilines is 1. The SMILES string of the molecule is O=C(c1cccs1)N1CCc2nc(-c3ccncc3)nc(N3CCCCC3)c2C1. The fraction of sp³-hybridized carbons (Fsp3) is 0.364. The third-order valence-corrected chi connectivity index (χ3v) is 6.51. The number of piperidine rings is 1. The van der Waals surface area contributed by atoms with E-state index in [-0.39, 0.29) is 5.91 Å². The summed E-state index contributed by atoms with van der Waals surface area (Å²) < 4.78 is 0. The van der Waals surface area contributed by atoms with Crippen LogP contribution in [0.2, 0.25) is 0 Å². The molecule has 3 aromatic heterocycles. The van der Waals surface area contributed by atoms with Crippen molar-refractivity contribution < 1.29 is 4.79 Å². The number of hydrogen-bond acceptors (Lipinski definition) is 6. The number of aromatic nitrogens is 3. The van der Waals surface area contributed by atoms with E-state index in [9.17, 15) is 4.79 Å². The van der Waals surface area contributed by atoms with Gasteiger partial charge in [-0.25, -0.2) is 9.97 Å². The maximum absolute atomic E-state index is 12.9. The summed E-state index contributed by atoms with van der Waals surface area (Å²) in [5.74, 6) is 1.86. The van der Waals surface area contributed by atoms with Crippen LogP contribution in [0, 0.1) is 0 Å². The summed E-state index contributed by atoms with van der Waals surface area (Å²) in [6.07, 6.45) is 7.94. The molecule has 0 atom stereocenters. The monoisotopic (exact) mass is 405 g/mol. The molecule has 0 aromatic carbocycles. The number of pyridine rings is 1. The molecule has 148 valence electrons. The van der Waals surface area contributed by atoms with Gasteiger partial charge in [0.05, 0.1) is 17.1 Å². The van der Waals surface area contributed by atoms with Crippen LogP contribution < -0.4 is 4.90 Å². The van der Waals surface area contributed by atoms with E-state index in [1.54, 1.807) is 12.4 Å². The highest BCUT2D eigenvalue weighted by Crippen LogP contribution is 2.32.